The minimum absolute atomic E-state index is 0.642. The summed E-state index contributed by atoms with van der Waals surface area (Å²) in [7, 11) is 2.17. The summed E-state index contributed by atoms with van der Waals surface area (Å²) in [5.41, 5.74) is 3.70. The normalized spacial score (nSPS) is 24.1. The lowest BCUT2D eigenvalue weighted by Gasteiger charge is -2.34. The van der Waals surface area contributed by atoms with Gasteiger partial charge >= 0.3 is 0 Å². The number of nitrogens with zero attached hydrogens (tertiary/aromatic N) is 3. The van der Waals surface area contributed by atoms with E-state index < -0.39 is 0 Å². The molecule has 2 aromatic rings. The standard InChI is InChI=1S/C17H21N3S/c1-11-3-5-14(18-8-11)12-4-6-16-15(7-12)19-17(21-16)13-9-20(2)10-13/h4,6-7,11,13H,3,5,8-10H2,1-2H3/t11-/m0/s1. The molecule has 2 aliphatic heterocycles. The number of benzene rings is 1. The van der Waals surface area contributed by atoms with E-state index >= 15 is 0 Å². The number of likely N-dealkylation sites (N-methyl/N-ethyl adjacent to an activating group) is 1. The van der Waals surface area contributed by atoms with Gasteiger partial charge in [0.05, 0.1) is 15.2 Å². The summed E-state index contributed by atoms with van der Waals surface area (Å²) >= 11 is 1.86. The maximum absolute atomic E-state index is 4.88. The van der Waals surface area contributed by atoms with E-state index in [-0.39, 0.29) is 0 Å². The van der Waals surface area contributed by atoms with Crippen LogP contribution in [-0.4, -0.2) is 42.3 Å². The minimum Gasteiger partial charge on any atom is -0.305 e. The number of likely N-dealkylation sites (tertiary alicyclic amines) is 1. The van der Waals surface area contributed by atoms with Gasteiger partial charge in [0.1, 0.15) is 0 Å². The van der Waals surface area contributed by atoms with Crippen molar-refractivity contribution >= 4 is 27.3 Å². The third-order valence-corrected chi connectivity index (χ3v) is 5.82. The van der Waals surface area contributed by atoms with Crippen LogP contribution >= 0.6 is 11.3 Å². The zero-order valence-corrected chi connectivity index (χ0v) is 13.5. The van der Waals surface area contributed by atoms with Crippen molar-refractivity contribution in [2.45, 2.75) is 25.7 Å². The van der Waals surface area contributed by atoms with E-state index in [2.05, 4.69) is 37.1 Å². The van der Waals surface area contributed by atoms with Gasteiger partial charge in [-0.3, -0.25) is 4.99 Å². The Morgan fingerprint density at radius 1 is 1.29 bits per heavy atom. The van der Waals surface area contributed by atoms with Gasteiger partial charge in [-0.2, -0.15) is 0 Å². The summed E-state index contributed by atoms with van der Waals surface area (Å²) in [4.78, 5) is 12.0. The molecule has 0 radical (unpaired) electrons. The highest BCUT2D eigenvalue weighted by atomic mass is 32.1. The van der Waals surface area contributed by atoms with Crippen LogP contribution < -0.4 is 0 Å². The molecule has 0 aliphatic carbocycles. The van der Waals surface area contributed by atoms with Crippen molar-refractivity contribution in [1.82, 2.24) is 9.88 Å². The van der Waals surface area contributed by atoms with E-state index in [4.69, 9.17) is 9.98 Å². The molecule has 1 fully saturated rings. The Hall–Kier alpha value is -1.26. The lowest BCUT2D eigenvalue weighted by Crippen LogP contribution is -2.41. The zero-order valence-electron chi connectivity index (χ0n) is 12.7. The Morgan fingerprint density at radius 2 is 2.14 bits per heavy atom. The molecule has 21 heavy (non-hydrogen) atoms. The van der Waals surface area contributed by atoms with E-state index in [0.29, 0.717) is 5.92 Å². The van der Waals surface area contributed by atoms with E-state index in [1.807, 2.05) is 11.3 Å². The number of fused-ring (bicyclic) bond motifs is 1. The highest BCUT2D eigenvalue weighted by Gasteiger charge is 2.27. The predicted octanol–water partition coefficient (Wildman–Crippen LogP) is 3.54. The molecule has 1 atom stereocenters. The molecular formula is C17H21N3S. The van der Waals surface area contributed by atoms with Gasteiger partial charge in [-0.1, -0.05) is 13.0 Å². The molecule has 0 bridgehead atoms. The fourth-order valence-electron chi connectivity index (χ4n) is 3.21. The van der Waals surface area contributed by atoms with Gasteiger partial charge in [-0.25, -0.2) is 4.98 Å². The van der Waals surface area contributed by atoms with Crippen LogP contribution in [0.15, 0.2) is 23.2 Å². The van der Waals surface area contributed by atoms with Crippen LogP contribution in [0, 0.1) is 5.92 Å². The topological polar surface area (TPSA) is 28.5 Å². The first-order chi connectivity index (χ1) is 10.2. The molecule has 3 heterocycles. The average molecular weight is 299 g/mol. The highest BCUT2D eigenvalue weighted by Crippen LogP contribution is 2.33. The molecule has 0 amide bonds. The number of hydrogen-bond donors (Lipinski definition) is 0. The number of hydrogen-bond acceptors (Lipinski definition) is 4. The molecule has 2 aliphatic rings. The van der Waals surface area contributed by atoms with Crippen LogP contribution in [0.4, 0.5) is 0 Å². The monoisotopic (exact) mass is 299 g/mol. The van der Waals surface area contributed by atoms with Crippen molar-refractivity contribution in [1.29, 1.82) is 0 Å². The molecular weight excluding hydrogens is 278 g/mol. The lowest BCUT2D eigenvalue weighted by atomic mass is 9.96. The molecule has 110 valence electrons. The van der Waals surface area contributed by atoms with Crippen molar-refractivity contribution in [3.05, 3.63) is 28.8 Å². The van der Waals surface area contributed by atoms with Crippen molar-refractivity contribution < 1.29 is 0 Å². The summed E-state index contributed by atoms with van der Waals surface area (Å²) < 4.78 is 1.31. The second-order valence-electron chi connectivity index (χ2n) is 6.58. The zero-order chi connectivity index (χ0) is 14.4. The van der Waals surface area contributed by atoms with Gasteiger partial charge in [0.2, 0.25) is 0 Å². The minimum atomic E-state index is 0.642. The van der Waals surface area contributed by atoms with E-state index in [1.54, 1.807) is 0 Å². The third-order valence-electron chi connectivity index (χ3n) is 4.62. The molecule has 0 unspecified atom stereocenters. The van der Waals surface area contributed by atoms with Crippen LogP contribution in [0.2, 0.25) is 0 Å². The molecule has 4 rings (SSSR count). The summed E-state index contributed by atoms with van der Waals surface area (Å²) in [6.45, 7) is 5.56. The highest BCUT2D eigenvalue weighted by molar-refractivity contribution is 7.18. The van der Waals surface area contributed by atoms with Crippen LogP contribution in [0.3, 0.4) is 0 Å². The SMILES string of the molecule is C[C@H]1CCC(c2ccc3sc(C4CN(C)C4)nc3c2)=NC1. The number of thiazole rings is 1. The van der Waals surface area contributed by atoms with Gasteiger partial charge < -0.3 is 4.90 Å². The van der Waals surface area contributed by atoms with E-state index in [1.165, 1.54) is 27.4 Å². The molecule has 4 heteroatoms. The molecule has 3 nitrogen and oxygen atoms in total. The Labute approximate surface area is 129 Å². The average Bonchev–Trinajstić information content (AvgIpc) is 2.87. The summed E-state index contributed by atoms with van der Waals surface area (Å²) in [6.07, 6.45) is 2.37. The van der Waals surface area contributed by atoms with Crippen molar-refractivity contribution in [2.75, 3.05) is 26.7 Å². The van der Waals surface area contributed by atoms with Crippen LogP contribution in [0.25, 0.3) is 10.2 Å². The molecule has 0 spiro atoms. The Bertz CT molecular complexity index is 697. The second kappa shape index (κ2) is 5.18. The first-order valence-electron chi connectivity index (χ1n) is 7.82. The number of aliphatic imine (C=N–C) groups is 1. The van der Waals surface area contributed by atoms with E-state index in [9.17, 15) is 0 Å². The van der Waals surface area contributed by atoms with Crippen molar-refractivity contribution in [3.63, 3.8) is 0 Å². The summed E-state index contributed by atoms with van der Waals surface area (Å²) in [5, 5.41) is 1.31. The van der Waals surface area contributed by atoms with Gasteiger partial charge in [-0.05, 0) is 43.5 Å². The maximum Gasteiger partial charge on any atom is 0.0995 e. The summed E-state index contributed by atoms with van der Waals surface area (Å²) in [5.74, 6) is 1.38. The molecule has 1 aromatic carbocycles. The van der Waals surface area contributed by atoms with Gasteiger partial charge in [0, 0.05) is 31.3 Å². The fourth-order valence-corrected chi connectivity index (χ4v) is 4.24. The van der Waals surface area contributed by atoms with Crippen molar-refractivity contribution in [3.8, 4) is 0 Å². The van der Waals surface area contributed by atoms with Crippen LogP contribution in [0.1, 0.15) is 36.3 Å². The second-order valence-corrected chi connectivity index (χ2v) is 7.65. The quantitative estimate of drug-likeness (QED) is 0.848. The molecule has 1 saturated heterocycles. The molecule has 0 N–H and O–H groups in total. The van der Waals surface area contributed by atoms with E-state index in [0.717, 1.165) is 37.5 Å². The van der Waals surface area contributed by atoms with Gasteiger partial charge in [0.15, 0.2) is 0 Å². The Kier molecular flexibility index (Phi) is 3.31. The first kappa shape index (κ1) is 13.4. The largest absolute Gasteiger partial charge is 0.305 e. The van der Waals surface area contributed by atoms with Gasteiger partial charge in [0.25, 0.3) is 0 Å². The summed E-state index contributed by atoms with van der Waals surface area (Å²) in [6, 6.07) is 6.70. The first-order valence-corrected chi connectivity index (χ1v) is 8.63. The third kappa shape index (κ3) is 2.51. The molecule has 1 aromatic heterocycles. The van der Waals surface area contributed by atoms with Crippen LogP contribution in [0.5, 0.6) is 0 Å². The fraction of sp³-hybridized carbons (Fsp3) is 0.529. The Morgan fingerprint density at radius 3 is 2.86 bits per heavy atom. The Balaban J connectivity index is 1.63. The van der Waals surface area contributed by atoms with Gasteiger partial charge in [-0.15, -0.1) is 11.3 Å². The smallest absolute Gasteiger partial charge is 0.0995 e. The van der Waals surface area contributed by atoms with Crippen LogP contribution in [-0.2, 0) is 0 Å². The predicted molar refractivity (Wildman–Crippen MR) is 89.7 cm³/mol. The number of rotatable bonds is 2. The van der Waals surface area contributed by atoms with Crippen molar-refractivity contribution in [2.24, 2.45) is 10.9 Å². The lowest BCUT2D eigenvalue weighted by molar-refractivity contribution is 0.189. The maximum atomic E-state index is 4.88. The number of aromatic nitrogens is 1. The molecule has 0 saturated carbocycles.